The Morgan fingerprint density at radius 3 is 2.60 bits per heavy atom. The van der Waals surface area contributed by atoms with E-state index in [0.29, 0.717) is 50.4 Å². The van der Waals surface area contributed by atoms with Gasteiger partial charge < -0.3 is 9.47 Å². The third kappa shape index (κ3) is 6.14. The van der Waals surface area contributed by atoms with Crippen molar-refractivity contribution in [2.24, 2.45) is 5.10 Å². The van der Waals surface area contributed by atoms with Crippen molar-refractivity contribution in [3.63, 3.8) is 0 Å². The van der Waals surface area contributed by atoms with Crippen molar-refractivity contribution in [2.45, 2.75) is 13.5 Å². The number of carbonyl (C=O) groups is 1. The molecule has 0 radical (unpaired) electrons. The number of nitrogens with zero attached hydrogens (tertiary/aromatic N) is 1. The molecule has 4 aromatic carbocycles. The summed E-state index contributed by atoms with van der Waals surface area (Å²) in [6, 6.07) is 22.6. The van der Waals surface area contributed by atoms with Crippen LogP contribution in [0.2, 0.25) is 10.0 Å². The first kappa shape index (κ1) is 25.0. The van der Waals surface area contributed by atoms with E-state index in [4.69, 9.17) is 32.7 Å². The molecule has 4 rings (SSSR count). The highest BCUT2D eigenvalue weighted by atomic mass is 79.9. The Morgan fingerprint density at radius 2 is 1.80 bits per heavy atom. The first-order valence-corrected chi connectivity index (χ1v) is 12.4. The number of hydrazone groups is 1. The van der Waals surface area contributed by atoms with Crippen molar-refractivity contribution >= 4 is 62.0 Å². The molecule has 1 N–H and O–H groups in total. The maximum atomic E-state index is 12.3. The average molecular weight is 572 g/mol. The third-order valence-electron chi connectivity index (χ3n) is 5.15. The molecule has 0 saturated heterocycles. The molecule has 0 heterocycles. The maximum absolute atomic E-state index is 12.3. The van der Waals surface area contributed by atoms with Crippen molar-refractivity contribution in [3.05, 3.63) is 104 Å². The second-order valence-corrected chi connectivity index (χ2v) is 9.19. The van der Waals surface area contributed by atoms with Gasteiger partial charge in [0.1, 0.15) is 6.61 Å². The zero-order valence-electron chi connectivity index (χ0n) is 18.7. The minimum atomic E-state index is -0.404. The molecule has 5 nitrogen and oxygen atoms in total. The molecule has 4 aromatic rings. The molecule has 0 unspecified atom stereocenters. The molecule has 0 aromatic heterocycles. The number of benzene rings is 4. The lowest BCUT2D eigenvalue weighted by atomic mass is 10.1. The highest BCUT2D eigenvalue weighted by molar-refractivity contribution is 9.10. The van der Waals surface area contributed by atoms with Crippen LogP contribution in [0.15, 0.2) is 82.4 Å². The van der Waals surface area contributed by atoms with Crippen LogP contribution in [-0.2, 0) is 6.61 Å². The topological polar surface area (TPSA) is 59.9 Å². The number of ether oxygens (including phenoxy) is 2. The van der Waals surface area contributed by atoms with Crippen LogP contribution < -0.4 is 14.9 Å². The molecule has 0 atom stereocenters. The minimum Gasteiger partial charge on any atom is -0.490 e. The summed E-state index contributed by atoms with van der Waals surface area (Å²) >= 11 is 15.5. The van der Waals surface area contributed by atoms with Crippen LogP contribution in [0.25, 0.3) is 10.8 Å². The molecule has 8 heteroatoms. The lowest BCUT2D eigenvalue weighted by Gasteiger charge is -2.15. The second-order valence-electron chi connectivity index (χ2n) is 7.52. The van der Waals surface area contributed by atoms with Gasteiger partial charge in [-0.2, -0.15) is 5.10 Å². The predicted molar refractivity (Wildman–Crippen MR) is 145 cm³/mol. The molecule has 0 aliphatic carbocycles. The van der Waals surface area contributed by atoms with E-state index in [1.807, 2.05) is 43.3 Å². The lowest BCUT2D eigenvalue weighted by Crippen LogP contribution is -2.17. The number of nitrogens with one attached hydrogen (secondary N) is 1. The normalized spacial score (nSPS) is 11.1. The van der Waals surface area contributed by atoms with E-state index in [-0.39, 0.29) is 0 Å². The summed E-state index contributed by atoms with van der Waals surface area (Å²) in [6.07, 6.45) is 1.52. The number of hydrogen-bond donors (Lipinski definition) is 1. The average Bonchev–Trinajstić information content (AvgIpc) is 2.85. The number of rotatable bonds is 8. The van der Waals surface area contributed by atoms with Crippen LogP contribution in [0.4, 0.5) is 0 Å². The molecule has 1 amide bonds. The third-order valence-corrected chi connectivity index (χ3v) is 6.47. The predicted octanol–water partition coefficient (Wildman–Crippen LogP) is 7.65. The van der Waals surface area contributed by atoms with E-state index in [9.17, 15) is 4.79 Å². The number of amides is 1. The Hall–Kier alpha value is -3.06. The van der Waals surface area contributed by atoms with Gasteiger partial charge in [-0.15, -0.1) is 0 Å². The second kappa shape index (κ2) is 11.6. The van der Waals surface area contributed by atoms with Gasteiger partial charge in [0.05, 0.1) is 27.3 Å². The highest BCUT2D eigenvalue weighted by Crippen LogP contribution is 2.37. The standard InChI is InChI=1S/C27H21BrCl2N2O3/c1-2-34-25-13-17(15-31-32-27(33)19-10-11-23(29)24(30)14-19)12-22(28)26(25)35-16-20-8-5-7-18-6-3-4-9-21(18)20/h3-15H,2,16H2,1H3,(H,32,33)/b31-15-. The quantitative estimate of drug-likeness (QED) is 0.174. The molecule has 0 fully saturated rings. The number of fused-ring (bicyclic) bond motifs is 1. The van der Waals surface area contributed by atoms with Gasteiger partial charge in [-0.1, -0.05) is 65.7 Å². The van der Waals surface area contributed by atoms with E-state index >= 15 is 0 Å². The fraction of sp³-hybridized carbons (Fsp3) is 0.111. The van der Waals surface area contributed by atoms with E-state index in [2.05, 4.69) is 44.7 Å². The van der Waals surface area contributed by atoms with Crippen molar-refractivity contribution in [1.82, 2.24) is 5.43 Å². The van der Waals surface area contributed by atoms with Gasteiger partial charge in [0.15, 0.2) is 11.5 Å². The van der Waals surface area contributed by atoms with Gasteiger partial charge in [0.2, 0.25) is 0 Å². The summed E-state index contributed by atoms with van der Waals surface area (Å²) < 4.78 is 12.7. The van der Waals surface area contributed by atoms with E-state index in [1.165, 1.54) is 12.3 Å². The zero-order chi connectivity index (χ0) is 24.8. The van der Waals surface area contributed by atoms with Gasteiger partial charge in [-0.25, -0.2) is 5.43 Å². The highest BCUT2D eigenvalue weighted by Gasteiger charge is 2.13. The van der Waals surface area contributed by atoms with Crippen molar-refractivity contribution in [3.8, 4) is 11.5 Å². The summed E-state index contributed by atoms with van der Waals surface area (Å²) in [5, 5.41) is 7.03. The van der Waals surface area contributed by atoms with Crippen LogP contribution in [-0.4, -0.2) is 18.7 Å². The fourth-order valence-electron chi connectivity index (χ4n) is 3.50. The largest absolute Gasteiger partial charge is 0.490 e. The molecule has 0 spiro atoms. The SMILES string of the molecule is CCOc1cc(/C=N\NC(=O)c2ccc(Cl)c(Cl)c2)cc(Br)c1OCc1cccc2ccccc12. The molecular weight excluding hydrogens is 551 g/mol. The van der Waals surface area contributed by atoms with Crippen molar-refractivity contribution < 1.29 is 14.3 Å². The minimum absolute atomic E-state index is 0.299. The molecule has 0 aliphatic heterocycles. The Balaban J connectivity index is 1.50. The first-order valence-electron chi connectivity index (χ1n) is 10.8. The molecule has 0 aliphatic rings. The van der Waals surface area contributed by atoms with Gasteiger partial charge in [-0.05, 0) is 75.1 Å². The fourth-order valence-corrected chi connectivity index (χ4v) is 4.37. The number of halogens is 3. The Labute approximate surface area is 221 Å². The molecule has 0 bridgehead atoms. The Kier molecular flexibility index (Phi) is 8.29. The molecule has 0 saturated carbocycles. The summed E-state index contributed by atoms with van der Waals surface area (Å²) in [4.78, 5) is 12.3. The van der Waals surface area contributed by atoms with Crippen LogP contribution >= 0.6 is 39.1 Å². The van der Waals surface area contributed by atoms with E-state index in [0.717, 1.165) is 16.3 Å². The molecular formula is C27H21BrCl2N2O3. The van der Waals surface area contributed by atoms with Gasteiger partial charge in [0, 0.05) is 5.56 Å². The smallest absolute Gasteiger partial charge is 0.271 e. The van der Waals surface area contributed by atoms with Crippen LogP contribution in [0, 0.1) is 0 Å². The summed E-state index contributed by atoms with van der Waals surface area (Å²) in [5.74, 6) is 0.759. The summed E-state index contributed by atoms with van der Waals surface area (Å²) in [5.41, 5.74) is 4.63. The summed E-state index contributed by atoms with van der Waals surface area (Å²) in [6.45, 7) is 2.75. The van der Waals surface area contributed by atoms with Gasteiger partial charge in [-0.3, -0.25) is 4.79 Å². The van der Waals surface area contributed by atoms with Gasteiger partial charge in [0.25, 0.3) is 5.91 Å². The summed E-state index contributed by atoms with van der Waals surface area (Å²) in [7, 11) is 0. The van der Waals surface area contributed by atoms with Crippen molar-refractivity contribution in [1.29, 1.82) is 0 Å². The zero-order valence-corrected chi connectivity index (χ0v) is 21.8. The maximum Gasteiger partial charge on any atom is 0.271 e. The van der Waals surface area contributed by atoms with E-state index < -0.39 is 5.91 Å². The van der Waals surface area contributed by atoms with E-state index in [1.54, 1.807) is 12.1 Å². The Bertz CT molecular complexity index is 1400. The monoisotopic (exact) mass is 570 g/mol. The number of hydrogen-bond acceptors (Lipinski definition) is 4. The van der Waals surface area contributed by atoms with Crippen molar-refractivity contribution in [2.75, 3.05) is 6.61 Å². The molecule has 35 heavy (non-hydrogen) atoms. The van der Waals surface area contributed by atoms with Crippen LogP contribution in [0.1, 0.15) is 28.4 Å². The van der Waals surface area contributed by atoms with Crippen LogP contribution in [0.3, 0.4) is 0 Å². The molecule has 178 valence electrons. The number of carbonyl (C=O) groups excluding carboxylic acids is 1. The lowest BCUT2D eigenvalue weighted by molar-refractivity contribution is 0.0955. The van der Waals surface area contributed by atoms with Crippen LogP contribution in [0.5, 0.6) is 11.5 Å². The Morgan fingerprint density at radius 1 is 1.00 bits per heavy atom. The van der Waals surface area contributed by atoms with Gasteiger partial charge >= 0.3 is 0 Å². The first-order chi connectivity index (χ1) is 17.0.